The van der Waals surface area contributed by atoms with E-state index >= 15 is 0 Å². The van der Waals surface area contributed by atoms with Crippen molar-refractivity contribution in [3.8, 4) is 0 Å². The maximum absolute atomic E-state index is 5.79. The normalized spacial score (nSPS) is 21.9. The van der Waals surface area contributed by atoms with Crippen molar-refractivity contribution >= 4 is 5.96 Å². The van der Waals surface area contributed by atoms with E-state index in [1.807, 2.05) is 18.5 Å². The molecular weight excluding hydrogens is 280 g/mol. The van der Waals surface area contributed by atoms with Gasteiger partial charge in [0.2, 0.25) is 0 Å². The van der Waals surface area contributed by atoms with Crippen molar-refractivity contribution in [2.75, 3.05) is 19.7 Å². The van der Waals surface area contributed by atoms with Gasteiger partial charge < -0.3 is 19.9 Å². The molecule has 1 unspecified atom stereocenters. The van der Waals surface area contributed by atoms with Crippen LogP contribution < -0.4 is 10.6 Å². The number of guanidine groups is 1. The van der Waals surface area contributed by atoms with Crippen molar-refractivity contribution < 1.29 is 4.74 Å². The Balaban J connectivity index is 1.96. The molecule has 1 fully saturated rings. The Morgan fingerprint density at radius 1 is 1.50 bits per heavy atom. The van der Waals surface area contributed by atoms with Gasteiger partial charge in [0, 0.05) is 26.7 Å². The van der Waals surface area contributed by atoms with Gasteiger partial charge in [-0.25, -0.2) is 4.99 Å². The molecule has 0 aromatic carbocycles. The van der Waals surface area contributed by atoms with Crippen LogP contribution in [0.1, 0.15) is 31.4 Å². The number of aryl methyl sites for hydroxylation is 1. The quantitative estimate of drug-likeness (QED) is 0.464. The Kier molecular flexibility index (Phi) is 5.54. The smallest absolute Gasteiger partial charge is 0.192 e. The SMILES string of the molecule is C=CCNC(=NCc1nnc(C)n1C)NCC1(C)CCCO1. The van der Waals surface area contributed by atoms with Gasteiger partial charge in [0.1, 0.15) is 12.4 Å². The molecule has 0 radical (unpaired) electrons. The first-order chi connectivity index (χ1) is 10.5. The number of nitrogens with one attached hydrogen (secondary N) is 2. The third-order valence-electron chi connectivity index (χ3n) is 3.91. The summed E-state index contributed by atoms with van der Waals surface area (Å²) in [6, 6.07) is 0. The van der Waals surface area contributed by atoms with E-state index in [1.54, 1.807) is 6.08 Å². The molecule has 7 heteroatoms. The fourth-order valence-electron chi connectivity index (χ4n) is 2.33. The van der Waals surface area contributed by atoms with Crippen LogP contribution in [0.4, 0.5) is 0 Å². The third-order valence-corrected chi connectivity index (χ3v) is 3.91. The van der Waals surface area contributed by atoms with E-state index in [9.17, 15) is 0 Å². The second-order valence-corrected chi connectivity index (χ2v) is 5.81. The van der Waals surface area contributed by atoms with E-state index < -0.39 is 0 Å². The summed E-state index contributed by atoms with van der Waals surface area (Å²) in [6.45, 7) is 10.5. The molecule has 0 saturated carbocycles. The standard InChI is InChI=1S/C15H26N6O/c1-5-8-16-14(18-11-15(3)7-6-9-22-15)17-10-13-20-19-12(2)21(13)4/h5H,1,6-11H2,2-4H3,(H2,16,17,18). The van der Waals surface area contributed by atoms with Crippen molar-refractivity contribution in [2.45, 2.75) is 38.8 Å². The molecule has 2 rings (SSSR count). The molecule has 1 aromatic heterocycles. The van der Waals surface area contributed by atoms with Crippen LogP contribution in [0, 0.1) is 6.92 Å². The van der Waals surface area contributed by atoms with Crippen molar-refractivity contribution in [2.24, 2.45) is 12.0 Å². The number of ether oxygens (including phenoxy) is 1. The van der Waals surface area contributed by atoms with Gasteiger partial charge >= 0.3 is 0 Å². The summed E-state index contributed by atoms with van der Waals surface area (Å²) < 4.78 is 7.73. The Bertz CT molecular complexity index is 530. The molecule has 122 valence electrons. The van der Waals surface area contributed by atoms with Crippen LogP contribution in [0.2, 0.25) is 0 Å². The molecule has 0 bridgehead atoms. The maximum atomic E-state index is 5.79. The van der Waals surface area contributed by atoms with Gasteiger partial charge in [0.05, 0.1) is 5.60 Å². The molecule has 0 aliphatic carbocycles. The van der Waals surface area contributed by atoms with Crippen LogP contribution in [-0.2, 0) is 18.3 Å². The Morgan fingerprint density at radius 3 is 2.91 bits per heavy atom. The molecule has 2 N–H and O–H groups in total. The Morgan fingerprint density at radius 2 is 2.32 bits per heavy atom. The van der Waals surface area contributed by atoms with Crippen molar-refractivity contribution in [1.82, 2.24) is 25.4 Å². The first-order valence-electron chi connectivity index (χ1n) is 7.66. The molecular formula is C15H26N6O. The average molecular weight is 306 g/mol. The molecule has 0 spiro atoms. The lowest BCUT2D eigenvalue weighted by molar-refractivity contribution is 0.0243. The summed E-state index contributed by atoms with van der Waals surface area (Å²) in [4.78, 5) is 4.57. The minimum atomic E-state index is -0.113. The third kappa shape index (κ3) is 4.30. The van der Waals surface area contributed by atoms with E-state index in [2.05, 4.69) is 39.3 Å². The number of hydrogen-bond acceptors (Lipinski definition) is 4. The first kappa shape index (κ1) is 16.5. The monoisotopic (exact) mass is 306 g/mol. The zero-order chi connectivity index (χ0) is 16.0. The average Bonchev–Trinajstić information content (AvgIpc) is 3.07. The van der Waals surface area contributed by atoms with E-state index in [-0.39, 0.29) is 5.60 Å². The van der Waals surface area contributed by atoms with Crippen molar-refractivity contribution in [3.05, 3.63) is 24.3 Å². The van der Waals surface area contributed by atoms with E-state index in [1.165, 1.54) is 0 Å². The number of aromatic nitrogens is 3. The van der Waals surface area contributed by atoms with Crippen LogP contribution in [0.15, 0.2) is 17.6 Å². The predicted molar refractivity (Wildman–Crippen MR) is 86.7 cm³/mol. The second kappa shape index (κ2) is 7.40. The highest BCUT2D eigenvalue weighted by Crippen LogP contribution is 2.23. The molecule has 1 atom stereocenters. The molecule has 1 saturated heterocycles. The molecule has 1 aliphatic rings. The molecule has 2 heterocycles. The van der Waals surface area contributed by atoms with Crippen LogP contribution in [0.25, 0.3) is 0 Å². The van der Waals surface area contributed by atoms with Gasteiger partial charge in [-0.15, -0.1) is 16.8 Å². The zero-order valence-corrected chi connectivity index (χ0v) is 13.7. The van der Waals surface area contributed by atoms with E-state index in [0.29, 0.717) is 13.1 Å². The summed E-state index contributed by atoms with van der Waals surface area (Å²) in [6.07, 6.45) is 3.98. The van der Waals surface area contributed by atoms with Crippen LogP contribution in [-0.4, -0.2) is 46.0 Å². The highest BCUT2D eigenvalue weighted by Gasteiger charge is 2.29. The summed E-state index contributed by atoms with van der Waals surface area (Å²) in [5.74, 6) is 2.45. The highest BCUT2D eigenvalue weighted by molar-refractivity contribution is 5.79. The van der Waals surface area contributed by atoms with Gasteiger partial charge in [-0.1, -0.05) is 6.08 Å². The topological polar surface area (TPSA) is 76.4 Å². The van der Waals surface area contributed by atoms with Crippen LogP contribution in [0.5, 0.6) is 0 Å². The lowest BCUT2D eigenvalue weighted by atomic mass is 10.0. The molecule has 0 amide bonds. The molecule has 1 aliphatic heterocycles. The summed E-state index contributed by atoms with van der Waals surface area (Å²) >= 11 is 0. The van der Waals surface area contributed by atoms with Crippen molar-refractivity contribution in [3.63, 3.8) is 0 Å². The Hall–Kier alpha value is -1.89. The highest BCUT2D eigenvalue weighted by atomic mass is 16.5. The second-order valence-electron chi connectivity index (χ2n) is 5.81. The lowest BCUT2D eigenvalue weighted by Gasteiger charge is -2.24. The van der Waals surface area contributed by atoms with Crippen LogP contribution >= 0.6 is 0 Å². The maximum Gasteiger partial charge on any atom is 0.192 e. The molecule has 7 nitrogen and oxygen atoms in total. The summed E-state index contributed by atoms with van der Waals surface area (Å²) in [7, 11) is 1.94. The van der Waals surface area contributed by atoms with E-state index in [4.69, 9.17) is 4.74 Å². The summed E-state index contributed by atoms with van der Waals surface area (Å²) in [5.41, 5.74) is -0.113. The van der Waals surface area contributed by atoms with E-state index in [0.717, 1.165) is 43.6 Å². The van der Waals surface area contributed by atoms with Gasteiger partial charge in [0.25, 0.3) is 0 Å². The van der Waals surface area contributed by atoms with Gasteiger partial charge in [-0.05, 0) is 26.7 Å². The fraction of sp³-hybridized carbons (Fsp3) is 0.667. The van der Waals surface area contributed by atoms with Gasteiger partial charge in [0.15, 0.2) is 11.8 Å². The van der Waals surface area contributed by atoms with Crippen molar-refractivity contribution in [1.29, 1.82) is 0 Å². The fourth-order valence-corrected chi connectivity index (χ4v) is 2.33. The number of rotatable bonds is 6. The number of nitrogens with zero attached hydrogens (tertiary/aromatic N) is 4. The first-order valence-corrected chi connectivity index (χ1v) is 7.66. The van der Waals surface area contributed by atoms with Gasteiger partial charge in [-0.2, -0.15) is 0 Å². The number of aliphatic imine (C=N–C) groups is 1. The summed E-state index contributed by atoms with van der Waals surface area (Å²) in [5, 5.41) is 14.7. The molecule has 22 heavy (non-hydrogen) atoms. The molecule has 1 aromatic rings. The lowest BCUT2D eigenvalue weighted by Crippen LogP contribution is -2.45. The van der Waals surface area contributed by atoms with Gasteiger partial charge in [-0.3, -0.25) is 0 Å². The minimum Gasteiger partial charge on any atom is -0.373 e. The number of hydrogen-bond donors (Lipinski definition) is 2. The largest absolute Gasteiger partial charge is 0.373 e. The zero-order valence-electron chi connectivity index (χ0n) is 13.7. The Labute approximate surface area is 131 Å². The predicted octanol–water partition coefficient (Wildman–Crippen LogP) is 0.914. The van der Waals surface area contributed by atoms with Crippen LogP contribution in [0.3, 0.4) is 0 Å². The minimum absolute atomic E-state index is 0.113.